The number of nitrogens with two attached hydrogens (primary N) is 2. The predicted octanol–water partition coefficient (Wildman–Crippen LogP) is -1.47. The van der Waals surface area contributed by atoms with Gasteiger partial charge in [-0.05, 0) is 0 Å². The number of hydrogen-bond donors (Lipinski definition) is 2. The number of hydrazine groups is 1. The van der Waals surface area contributed by atoms with Crippen molar-refractivity contribution in [2.24, 2.45) is 16.6 Å². The molecule has 1 aliphatic rings. The van der Waals surface area contributed by atoms with E-state index in [4.69, 9.17) is 11.6 Å². The Morgan fingerprint density at radius 1 is 1.62 bits per heavy atom. The van der Waals surface area contributed by atoms with E-state index in [9.17, 15) is 0 Å². The van der Waals surface area contributed by atoms with E-state index in [1.807, 2.05) is 0 Å². The van der Waals surface area contributed by atoms with Crippen molar-refractivity contribution in [1.29, 1.82) is 0 Å². The zero-order chi connectivity index (χ0) is 5.98. The standard InChI is InChI=1S/C4H10N4/c5-4-3-8(6)2-1-7-4/h1-3,6H2,(H2,5,7). The Morgan fingerprint density at radius 3 is 2.75 bits per heavy atom. The molecule has 1 heterocycles. The van der Waals surface area contributed by atoms with E-state index in [1.54, 1.807) is 5.01 Å². The van der Waals surface area contributed by atoms with Gasteiger partial charge in [-0.15, -0.1) is 0 Å². The second-order valence-corrected chi connectivity index (χ2v) is 1.84. The molecule has 46 valence electrons. The number of nitrogens with zero attached hydrogens (tertiary/aromatic N) is 2. The zero-order valence-electron chi connectivity index (χ0n) is 4.67. The Balaban J connectivity index is 2.45. The van der Waals surface area contributed by atoms with Crippen LogP contribution in [0.3, 0.4) is 0 Å². The van der Waals surface area contributed by atoms with Gasteiger partial charge in [0.05, 0.1) is 13.1 Å². The summed E-state index contributed by atoms with van der Waals surface area (Å²) in [4.78, 5) is 3.95. The van der Waals surface area contributed by atoms with Crippen molar-refractivity contribution in [1.82, 2.24) is 5.01 Å². The Hall–Kier alpha value is -0.610. The minimum atomic E-state index is 0.611. The smallest absolute Gasteiger partial charge is 0.109 e. The summed E-state index contributed by atoms with van der Waals surface area (Å²) in [7, 11) is 0. The van der Waals surface area contributed by atoms with Gasteiger partial charge in [0.2, 0.25) is 0 Å². The summed E-state index contributed by atoms with van der Waals surface area (Å²) in [5.41, 5.74) is 5.35. The molecule has 0 unspecified atom stereocenters. The lowest BCUT2D eigenvalue weighted by Crippen LogP contribution is -2.44. The van der Waals surface area contributed by atoms with E-state index in [0.29, 0.717) is 12.4 Å². The maximum absolute atomic E-state index is 5.40. The third-order valence-electron chi connectivity index (χ3n) is 1.07. The monoisotopic (exact) mass is 114 g/mol. The van der Waals surface area contributed by atoms with Gasteiger partial charge in [-0.3, -0.25) is 10.8 Å². The molecule has 0 aromatic carbocycles. The molecule has 0 amide bonds. The first-order chi connectivity index (χ1) is 3.79. The Kier molecular flexibility index (Phi) is 1.45. The molecule has 0 spiro atoms. The van der Waals surface area contributed by atoms with E-state index in [-0.39, 0.29) is 0 Å². The van der Waals surface area contributed by atoms with E-state index in [2.05, 4.69) is 4.99 Å². The van der Waals surface area contributed by atoms with Gasteiger partial charge >= 0.3 is 0 Å². The Morgan fingerprint density at radius 2 is 2.38 bits per heavy atom. The van der Waals surface area contributed by atoms with Gasteiger partial charge in [0.1, 0.15) is 5.84 Å². The van der Waals surface area contributed by atoms with Crippen molar-refractivity contribution in [3.8, 4) is 0 Å². The quantitative estimate of drug-likeness (QED) is 0.378. The predicted molar refractivity (Wildman–Crippen MR) is 32.2 cm³/mol. The summed E-state index contributed by atoms with van der Waals surface area (Å²) in [6, 6.07) is 0. The summed E-state index contributed by atoms with van der Waals surface area (Å²) in [5.74, 6) is 6.04. The molecule has 1 rings (SSSR count). The van der Waals surface area contributed by atoms with Gasteiger partial charge in [-0.2, -0.15) is 0 Å². The summed E-state index contributed by atoms with van der Waals surface area (Å²) in [6.07, 6.45) is 0. The third-order valence-corrected chi connectivity index (χ3v) is 1.07. The molecule has 1 aliphatic heterocycles. The molecule has 0 saturated heterocycles. The average molecular weight is 114 g/mol. The molecule has 4 heteroatoms. The lowest BCUT2D eigenvalue weighted by molar-refractivity contribution is 0.321. The largest absolute Gasteiger partial charge is 0.386 e. The van der Waals surface area contributed by atoms with Crippen molar-refractivity contribution in [2.45, 2.75) is 0 Å². The van der Waals surface area contributed by atoms with Crippen LogP contribution in [0.2, 0.25) is 0 Å². The van der Waals surface area contributed by atoms with Gasteiger partial charge < -0.3 is 5.73 Å². The fourth-order valence-electron chi connectivity index (χ4n) is 0.659. The van der Waals surface area contributed by atoms with Crippen LogP contribution >= 0.6 is 0 Å². The van der Waals surface area contributed by atoms with Crippen molar-refractivity contribution in [3.05, 3.63) is 0 Å². The van der Waals surface area contributed by atoms with Crippen LogP contribution in [0, 0.1) is 0 Å². The highest BCUT2D eigenvalue weighted by molar-refractivity contribution is 5.82. The van der Waals surface area contributed by atoms with Crippen molar-refractivity contribution in [3.63, 3.8) is 0 Å². The van der Waals surface area contributed by atoms with Gasteiger partial charge in [0, 0.05) is 6.54 Å². The molecular formula is C4H10N4. The normalized spacial score (nSPS) is 22.9. The van der Waals surface area contributed by atoms with Crippen LogP contribution in [0.15, 0.2) is 4.99 Å². The minimum absolute atomic E-state index is 0.611. The first kappa shape index (κ1) is 5.53. The van der Waals surface area contributed by atoms with Crippen LogP contribution in [-0.2, 0) is 0 Å². The first-order valence-corrected chi connectivity index (χ1v) is 2.57. The van der Waals surface area contributed by atoms with Crippen LogP contribution < -0.4 is 11.6 Å². The molecule has 4 nitrogen and oxygen atoms in total. The summed E-state index contributed by atoms with van der Waals surface area (Å²) in [6.45, 7) is 2.17. The van der Waals surface area contributed by atoms with E-state index < -0.39 is 0 Å². The molecule has 0 atom stereocenters. The van der Waals surface area contributed by atoms with Crippen LogP contribution in [0.25, 0.3) is 0 Å². The zero-order valence-corrected chi connectivity index (χ0v) is 4.67. The summed E-state index contributed by atoms with van der Waals surface area (Å²) in [5, 5.41) is 1.66. The molecule has 8 heavy (non-hydrogen) atoms. The minimum Gasteiger partial charge on any atom is -0.386 e. The fourth-order valence-corrected chi connectivity index (χ4v) is 0.659. The molecule has 0 aromatic heterocycles. The lowest BCUT2D eigenvalue weighted by atomic mass is 10.4. The maximum atomic E-state index is 5.40. The first-order valence-electron chi connectivity index (χ1n) is 2.57. The van der Waals surface area contributed by atoms with Crippen LogP contribution in [0.5, 0.6) is 0 Å². The van der Waals surface area contributed by atoms with Gasteiger partial charge in [0.25, 0.3) is 0 Å². The van der Waals surface area contributed by atoms with Gasteiger partial charge in [-0.1, -0.05) is 0 Å². The molecule has 0 fully saturated rings. The molecule has 0 bridgehead atoms. The van der Waals surface area contributed by atoms with Crippen molar-refractivity contribution in [2.75, 3.05) is 19.6 Å². The van der Waals surface area contributed by atoms with Crippen molar-refractivity contribution >= 4 is 5.84 Å². The highest BCUT2D eigenvalue weighted by atomic mass is 15.4. The average Bonchev–Trinajstić information content (AvgIpc) is 1.64. The maximum Gasteiger partial charge on any atom is 0.109 e. The third kappa shape index (κ3) is 1.18. The second kappa shape index (κ2) is 2.11. The number of rotatable bonds is 0. The highest BCUT2D eigenvalue weighted by Crippen LogP contribution is 1.86. The SMILES string of the molecule is NC1=NCCN(N)C1. The molecule has 0 aliphatic carbocycles. The Bertz CT molecular complexity index is 109. The fraction of sp³-hybridized carbons (Fsp3) is 0.750. The summed E-state index contributed by atoms with van der Waals surface area (Å²) < 4.78 is 0. The molecular weight excluding hydrogens is 104 g/mol. The number of hydrogen-bond acceptors (Lipinski definition) is 4. The molecule has 0 aromatic rings. The summed E-state index contributed by atoms with van der Waals surface area (Å²) >= 11 is 0. The van der Waals surface area contributed by atoms with E-state index >= 15 is 0 Å². The van der Waals surface area contributed by atoms with E-state index in [1.165, 1.54) is 0 Å². The number of amidine groups is 1. The van der Waals surface area contributed by atoms with Crippen LogP contribution in [0.4, 0.5) is 0 Å². The molecule has 0 radical (unpaired) electrons. The molecule has 4 N–H and O–H groups in total. The molecule has 0 saturated carbocycles. The van der Waals surface area contributed by atoms with E-state index in [0.717, 1.165) is 13.1 Å². The highest BCUT2D eigenvalue weighted by Gasteiger charge is 2.04. The lowest BCUT2D eigenvalue weighted by Gasteiger charge is -2.18. The Labute approximate surface area is 48.1 Å². The topological polar surface area (TPSA) is 67.6 Å². The number of aliphatic imine (C=N–C) groups is 1. The second-order valence-electron chi connectivity index (χ2n) is 1.84. The van der Waals surface area contributed by atoms with Gasteiger partial charge in [0.15, 0.2) is 0 Å². The van der Waals surface area contributed by atoms with Crippen LogP contribution in [-0.4, -0.2) is 30.5 Å². The van der Waals surface area contributed by atoms with Gasteiger partial charge in [-0.25, -0.2) is 5.01 Å². The van der Waals surface area contributed by atoms with Crippen molar-refractivity contribution < 1.29 is 0 Å². The van der Waals surface area contributed by atoms with Crippen LogP contribution in [0.1, 0.15) is 0 Å².